The summed E-state index contributed by atoms with van der Waals surface area (Å²) in [5.74, 6) is -0.116. The highest BCUT2D eigenvalue weighted by molar-refractivity contribution is 7.80. The van der Waals surface area contributed by atoms with Gasteiger partial charge in [-0.25, -0.2) is 0 Å². The molecule has 1 aliphatic rings. The van der Waals surface area contributed by atoms with Crippen LogP contribution in [0.25, 0.3) is 11.1 Å². The lowest BCUT2D eigenvalue weighted by atomic mass is 9.91. The molecule has 1 atom stereocenters. The summed E-state index contributed by atoms with van der Waals surface area (Å²) in [7, 11) is 0. The Morgan fingerprint density at radius 2 is 1.55 bits per heavy atom. The molecule has 2 N–H and O–H groups in total. The highest BCUT2D eigenvalue weighted by Gasteiger charge is 2.41. The van der Waals surface area contributed by atoms with Gasteiger partial charge < -0.3 is 10.6 Å². The van der Waals surface area contributed by atoms with Crippen LogP contribution in [0.5, 0.6) is 0 Å². The first kappa shape index (κ1) is 12.8. The van der Waals surface area contributed by atoms with E-state index in [0.717, 1.165) is 16.7 Å². The molecule has 0 saturated carbocycles. The average Bonchev–Trinajstić information content (AvgIpc) is 2.74. The van der Waals surface area contributed by atoms with Crippen LogP contribution in [-0.4, -0.2) is 11.0 Å². The molecular weight excluding hydrogens is 268 g/mol. The normalized spacial score (nSPS) is 21.4. The lowest BCUT2D eigenvalue weighted by Gasteiger charge is -2.21. The average molecular weight is 282 g/mol. The van der Waals surface area contributed by atoms with E-state index in [9.17, 15) is 4.79 Å². The molecule has 1 fully saturated rings. The Labute approximate surface area is 123 Å². The maximum atomic E-state index is 12.0. The smallest absolute Gasteiger partial charge is 0.256 e. The summed E-state index contributed by atoms with van der Waals surface area (Å²) < 4.78 is 0. The first-order valence-electron chi connectivity index (χ1n) is 6.39. The van der Waals surface area contributed by atoms with Crippen molar-refractivity contribution in [3.8, 4) is 11.1 Å². The van der Waals surface area contributed by atoms with E-state index in [-0.39, 0.29) is 5.91 Å². The summed E-state index contributed by atoms with van der Waals surface area (Å²) in [6.07, 6.45) is 0. The zero-order chi connectivity index (χ0) is 14.2. The molecule has 2 aromatic carbocycles. The van der Waals surface area contributed by atoms with E-state index >= 15 is 0 Å². The number of carbonyl (C=O) groups excluding carboxylic acids is 1. The Morgan fingerprint density at radius 3 is 2.10 bits per heavy atom. The number of nitrogens with one attached hydrogen (secondary N) is 2. The minimum absolute atomic E-state index is 0.116. The number of hydrogen-bond donors (Lipinski definition) is 2. The molecule has 0 aliphatic carbocycles. The van der Waals surface area contributed by atoms with Gasteiger partial charge in [0, 0.05) is 0 Å². The second-order valence-corrected chi connectivity index (χ2v) is 5.38. The molecule has 3 rings (SSSR count). The van der Waals surface area contributed by atoms with E-state index < -0.39 is 5.54 Å². The van der Waals surface area contributed by atoms with Gasteiger partial charge in [0.2, 0.25) is 0 Å². The molecule has 1 aliphatic heterocycles. The summed E-state index contributed by atoms with van der Waals surface area (Å²) in [5.41, 5.74) is 2.39. The fraction of sp³-hybridized carbons (Fsp3) is 0.125. The monoisotopic (exact) mass is 282 g/mol. The molecule has 1 heterocycles. The Morgan fingerprint density at radius 1 is 0.950 bits per heavy atom. The highest BCUT2D eigenvalue weighted by Crippen LogP contribution is 2.27. The van der Waals surface area contributed by atoms with Crippen LogP contribution >= 0.6 is 12.2 Å². The first-order valence-corrected chi connectivity index (χ1v) is 6.80. The third-order valence-corrected chi connectivity index (χ3v) is 3.82. The van der Waals surface area contributed by atoms with Crippen molar-refractivity contribution in [3.63, 3.8) is 0 Å². The van der Waals surface area contributed by atoms with E-state index in [1.807, 2.05) is 49.4 Å². The van der Waals surface area contributed by atoms with Gasteiger partial charge in [0.1, 0.15) is 5.54 Å². The molecule has 20 heavy (non-hydrogen) atoms. The standard InChI is InChI=1S/C16H14N2OS/c1-16(14(19)17-15(20)18-16)13-9-7-12(8-10-13)11-5-3-2-4-6-11/h2-10H,1H3,(H2,17,18,19,20). The van der Waals surface area contributed by atoms with Gasteiger partial charge in [-0.15, -0.1) is 0 Å². The van der Waals surface area contributed by atoms with Crippen molar-refractivity contribution < 1.29 is 4.79 Å². The Balaban J connectivity index is 1.94. The number of amides is 1. The van der Waals surface area contributed by atoms with Crippen LogP contribution in [0.1, 0.15) is 12.5 Å². The third-order valence-electron chi connectivity index (χ3n) is 3.61. The highest BCUT2D eigenvalue weighted by atomic mass is 32.1. The summed E-state index contributed by atoms with van der Waals surface area (Å²) in [4.78, 5) is 12.0. The molecular formula is C16H14N2OS. The van der Waals surface area contributed by atoms with Crippen molar-refractivity contribution in [1.82, 2.24) is 10.6 Å². The topological polar surface area (TPSA) is 41.1 Å². The maximum Gasteiger partial charge on any atom is 0.256 e. The lowest BCUT2D eigenvalue weighted by Crippen LogP contribution is -2.40. The molecule has 0 radical (unpaired) electrons. The van der Waals surface area contributed by atoms with Crippen LogP contribution in [-0.2, 0) is 10.3 Å². The van der Waals surface area contributed by atoms with Crippen LogP contribution in [0, 0.1) is 0 Å². The van der Waals surface area contributed by atoms with Gasteiger partial charge in [-0.2, -0.15) is 0 Å². The van der Waals surface area contributed by atoms with Crippen LogP contribution < -0.4 is 10.6 Å². The molecule has 0 spiro atoms. The molecule has 1 amide bonds. The minimum atomic E-state index is -0.785. The quantitative estimate of drug-likeness (QED) is 0.832. The van der Waals surface area contributed by atoms with Crippen LogP contribution in [0.15, 0.2) is 54.6 Å². The second kappa shape index (κ2) is 4.72. The molecule has 1 saturated heterocycles. The van der Waals surface area contributed by atoms with Gasteiger partial charge >= 0.3 is 0 Å². The van der Waals surface area contributed by atoms with Crippen molar-refractivity contribution in [2.24, 2.45) is 0 Å². The van der Waals surface area contributed by atoms with Crippen molar-refractivity contribution in [2.75, 3.05) is 0 Å². The predicted molar refractivity (Wildman–Crippen MR) is 83.1 cm³/mol. The fourth-order valence-corrected chi connectivity index (χ4v) is 2.67. The van der Waals surface area contributed by atoms with Crippen LogP contribution in [0.3, 0.4) is 0 Å². The van der Waals surface area contributed by atoms with Gasteiger partial charge in [-0.1, -0.05) is 54.6 Å². The molecule has 2 aromatic rings. The number of carbonyl (C=O) groups is 1. The molecule has 4 heteroatoms. The van der Waals surface area contributed by atoms with E-state index in [2.05, 4.69) is 22.8 Å². The Hall–Kier alpha value is -2.20. The van der Waals surface area contributed by atoms with E-state index in [1.165, 1.54) is 0 Å². The van der Waals surface area contributed by atoms with Gasteiger partial charge in [0.15, 0.2) is 5.11 Å². The van der Waals surface area contributed by atoms with Crippen LogP contribution in [0.2, 0.25) is 0 Å². The van der Waals surface area contributed by atoms with Crippen LogP contribution in [0.4, 0.5) is 0 Å². The third kappa shape index (κ3) is 2.08. The zero-order valence-electron chi connectivity index (χ0n) is 11.0. The Kier molecular flexibility index (Phi) is 3.03. The van der Waals surface area contributed by atoms with Gasteiger partial charge in [-0.3, -0.25) is 4.79 Å². The largest absolute Gasteiger partial charge is 0.345 e. The van der Waals surface area contributed by atoms with E-state index in [0.29, 0.717) is 5.11 Å². The minimum Gasteiger partial charge on any atom is -0.345 e. The molecule has 100 valence electrons. The molecule has 1 unspecified atom stereocenters. The predicted octanol–water partition coefficient (Wildman–Crippen LogP) is 2.57. The number of rotatable bonds is 2. The van der Waals surface area contributed by atoms with Crippen molar-refractivity contribution in [2.45, 2.75) is 12.5 Å². The molecule has 3 nitrogen and oxygen atoms in total. The summed E-state index contributed by atoms with van der Waals surface area (Å²) in [6, 6.07) is 18.1. The first-order chi connectivity index (χ1) is 9.59. The van der Waals surface area contributed by atoms with Gasteiger partial charge in [-0.05, 0) is 35.8 Å². The van der Waals surface area contributed by atoms with Gasteiger partial charge in [0.25, 0.3) is 5.91 Å². The van der Waals surface area contributed by atoms with E-state index in [1.54, 1.807) is 0 Å². The zero-order valence-corrected chi connectivity index (χ0v) is 11.8. The maximum absolute atomic E-state index is 12.0. The van der Waals surface area contributed by atoms with Crippen molar-refractivity contribution in [1.29, 1.82) is 0 Å². The number of benzene rings is 2. The number of thiocarbonyl (C=S) groups is 1. The summed E-state index contributed by atoms with van der Waals surface area (Å²) in [5, 5.41) is 6.04. The summed E-state index contributed by atoms with van der Waals surface area (Å²) in [6.45, 7) is 1.83. The molecule has 0 bridgehead atoms. The Bertz CT molecular complexity index is 667. The summed E-state index contributed by atoms with van der Waals surface area (Å²) >= 11 is 5.00. The van der Waals surface area contributed by atoms with Crippen molar-refractivity contribution in [3.05, 3.63) is 60.2 Å². The van der Waals surface area contributed by atoms with Crippen molar-refractivity contribution >= 4 is 23.2 Å². The lowest BCUT2D eigenvalue weighted by molar-refractivity contribution is -0.123. The molecule has 0 aromatic heterocycles. The SMILES string of the molecule is CC1(c2ccc(-c3ccccc3)cc2)NC(=S)NC1=O. The fourth-order valence-electron chi connectivity index (χ4n) is 2.37. The van der Waals surface area contributed by atoms with E-state index in [4.69, 9.17) is 12.2 Å². The number of hydrogen-bond acceptors (Lipinski definition) is 2. The van der Waals surface area contributed by atoms with Gasteiger partial charge in [0.05, 0.1) is 0 Å². The second-order valence-electron chi connectivity index (χ2n) is 4.98.